The van der Waals surface area contributed by atoms with Crippen LogP contribution in [0.1, 0.15) is 16.5 Å². The van der Waals surface area contributed by atoms with E-state index in [-0.39, 0.29) is 11.7 Å². The first-order valence-corrected chi connectivity index (χ1v) is 10.4. The third kappa shape index (κ3) is 4.42. The second-order valence-corrected chi connectivity index (χ2v) is 8.11. The van der Waals surface area contributed by atoms with Gasteiger partial charge < -0.3 is 4.74 Å². The lowest BCUT2D eigenvalue weighted by molar-refractivity contribution is -0.137. The predicted molar refractivity (Wildman–Crippen MR) is 112 cm³/mol. The average Bonchev–Trinajstić information content (AvgIpc) is 3.11. The number of carbonyl (C=O) groups is 1. The molecule has 154 valence electrons. The van der Waals surface area contributed by atoms with E-state index < -0.39 is 17.1 Å². The van der Waals surface area contributed by atoms with Gasteiger partial charge in [0.15, 0.2) is 0 Å². The van der Waals surface area contributed by atoms with Crippen LogP contribution in [0.5, 0.6) is 11.5 Å². The normalized spacial score (nSPS) is 16.7. The molecule has 4 rings (SSSR count). The Morgan fingerprint density at radius 2 is 1.60 bits per heavy atom. The van der Waals surface area contributed by atoms with Gasteiger partial charge in [-0.2, -0.15) is 13.2 Å². The molecule has 1 heterocycles. The molecule has 0 unspecified atom stereocenters. The molecule has 0 radical (unpaired) electrons. The second-order valence-electron chi connectivity index (χ2n) is 6.60. The zero-order chi connectivity index (χ0) is 21.3. The van der Waals surface area contributed by atoms with Crippen molar-refractivity contribution in [2.45, 2.75) is 11.6 Å². The van der Waals surface area contributed by atoms with Crippen molar-refractivity contribution in [2.24, 2.45) is 0 Å². The molecule has 1 fully saturated rings. The Bertz CT molecular complexity index is 1060. The molecular formula is C22H15ClF3NO2S. The number of alkyl halides is 3. The lowest BCUT2D eigenvalue weighted by Gasteiger charge is -2.25. The van der Waals surface area contributed by atoms with E-state index >= 15 is 0 Å². The number of benzene rings is 3. The summed E-state index contributed by atoms with van der Waals surface area (Å²) in [6.07, 6.45) is -4.44. The quantitative estimate of drug-likeness (QED) is 0.432. The summed E-state index contributed by atoms with van der Waals surface area (Å²) in [5.41, 5.74) is 0.296. The summed E-state index contributed by atoms with van der Waals surface area (Å²) in [6, 6.07) is 18.9. The number of amides is 1. The minimum Gasteiger partial charge on any atom is -0.457 e. The van der Waals surface area contributed by atoms with Crippen molar-refractivity contribution in [1.82, 2.24) is 0 Å². The van der Waals surface area contributed by atoms with Crippen molar-refractivity contribution >= 4 is 35.0 Å². The number of rotatable bonds is 4. The summed E-state index contributed by atoms with van der Waals surface area (Å²) in [5.74, 6) is 1.22. The van der Waals surface area contributed by atoms with Crippen LogP contribution in [0.25, 0.3) is 0 Å². The number of thioether (sulfide) groups is 1. The number of carbonyl (C=O) groups excluding carboxylic acids is 1. The molecule has 0 bridgehead atoms. The molecule has 0 saturated carbocycles. The first-order chi connectivity index (χ1) is 14.3. The van der Waals surface area contributed by atoms with Crippen molar-refractivity contribution in [3.05, 3.63) is 88.9 Å². The molecule has 8 heteroatoms. The largest absolute Gasteiger partial charge is 0.457 e. The van der Waals surface area contributed by atoms with E-state index in [0.29, 0.717) is 27.8 Å². The number of hydrogen-bond donors (Lipinski definition) is 0. The summed E-state index contributed by atoms with van der Waals surface area (Å²) in [4.78, 5) is 14.0. The van der Waals surface area contributed by atoms with Crippen LogP contribution < -0.4 is 9.64 Å². The molecule has 1 saturated heterocycles. The van der Waals surface area contributed by atoms with Gasteiger partial charge in [0.05, 0.1) is 11.3 Å². The summed E-state index contributed by atoms with van der Waals surface area (Å²) in [5, 5.41) is 0.0752. The van der Waals surface area contributed by atoms with Gasteiger partial charge in [-0.05, 0) is 66.2 Å². The molecule has 3 aromatic rings. The zero-order valence-corrected chi connectivity index (χ0v) is 17.0. The predicted octanol–water partition coefficient (Wildman–Crippen LogP) is 6.93. The van der Waals surface area contributed by atoms with Gasteiger partial charge in [-0.15, -0.1) is 11.8 Å². The first-order valence-electron chi connectivity index (χ1n) is 8.95. The molecule has 3 aromatic carbocycles. The van der Waals surface area contributed by atoms with Gasteiger partial charge in [0.25, 0.3) is 0 Å². The fourth-order valence-electron chi connectivity index (χ4n) is 3.13. The van der Waals surface area contributed by atoms with Crippen LogP contribution >= 0.6 is 23.4 Å². The fourth-order valence-corrected chi connectivity index (χ4v) is 4.42. The minimum atomic E-state index is -4.44. The smallest absolute Gasteiger partial charge is 0.416 e. The summed E-state index contributed by atoms with van der Waals surface area (Å²) < 4.78 is 45.0. The van der Waals surface area contributed by atoms with E-state index in [2.05, 4.69) is 0 Å². The van der Waals surface area contributed by atoms with Gasteiger partial charge in [-0.1, -0.05) is 23.7 Å². The molecule has 0 aliphatic carbocycles. The molecule has 0 spiro atoms. The van der Waals surface area contributed by atoms with E-state index in [0.717, 1.165) is 12.1 Å². The number of anilines is 1. The Morgan fingerprint density at radius 1 is 0.967 bits per heavy atom. The van der Waals surface area contributed by atoms with E-state index in [1.807, 2.05) is 0 Å². The summed E-state index contributed by atoms with van der Waals surface area (Å²) in [7, 11) is 0. The molecule has 1 aliphatic rings. The topological polar surface area (TPSA) is 29.5 Å². The first kappa shape index (κ1) is 20.6. The lowest BCUT2D eigenvalue weighted by atomic mass is 10.1. The molecule has 0 N–H and O–H groups in total. The SMILES string of the molecule is O=C1CS[C@@H](c2cccc(C(F)(F)F)c2)N1c1ccc(Oc2ccc(Cl)cc2)cc1. The summed E-state index contributed by atoms with van der Waals surface area (Å²) in [6.45, 7) is 0. The second kappa shape index (κ2) is 8.24. The van der Waals surface area contributed by atoms with E-state index in [1.54, 1.807) is 54.6 Å². The highest BCUT2D eigenvalue weighted by Crippen LogP contribution is 2.43. The van der Waals surface area contributed by atoms with Crippen molar-refractivity contribution in [3.8, 4) is 11.5 Å². The number of halogens is 4. The van der Waals surface area contributed by atoms with Crippen LogP contribution in [0.15, 0.2) is 72.8 Å². The molecule has 1 aliphatic heterocycles. The molecule has 30 heavy (non-hydrogen) atoms. The van der Waals surface area contributed by atoms with Crippen LogP contribution in [-0.2, 0) is 11.0 Å². The van der Waals surface area contributed by atoms with Crippen LogP contribution in [0.2, 0.25) is 5.02 Å². The zero-order valence-electron chi connectivity index (χ0n) is 15.4. The van der Waals surface area contributed by atoms with Crippen molar-refractivity contribution in [1.29, 1.82) is 0 Å². The van der Waals surface area contributed by atoms with Gasteiger partial charge in [0, 0.05) is 10.7 Å². The third-order valence-electron chi connectivity index (χ3n) is 4.53. The minimum absolute atomic E-state index is 0.159. The maximum absolute atomic E-state index is 13.1. The highest BCUT2D eigenvalue weighted by atomic mass is 35.5. The van der Waals surface area contributed by atoms with Gasteiger partial charge in [0.1, 0.15) is 16.9 Å². The van der Waals surface area contributed by atoms with Crippen LogP contribution in [0, 0.1) is 0 Å². The van der Waals surface area contributed by atoms with Crippen LogP contribution in [-0.4, -0.2) is 11.7 Å². The van der Waals surface area contributed by atoms with Crippen LogP contribution in [0.3, 0.4) is 0 Å². The van der Waals surface area contributed by atoms with Crippen molar-refractivity contribution in [2.75, 3.05) is 10.7 Å². The standard InChI is InChI=1S/C22H15ClF3NO2S/c23-16-4-8-18(9-5-16)29-19-10-6-17(7-11-19)27-20(28)13-30-21(27)14-2-1-3-15(12-14)22(24,25)26/h1-12,21H,13H2/t21-/m0/s1. The number of nitrogens with zero attached hydrogens (tertiary/aromatic N) is 1. The highest BCUT2D eigenvalue weighted by Gasteiger charge is 2.36. The fraction of sp³-hybridized carbons (Fsp3) is 0.136. The summed E-state index contributed by atoms with van der Waals surface area (Å²) >= 11 is 7.16. The molecule has 1 amide bonds. The Hall–Kier alpha value is -2.64. The van der Waals surface area contributed by atoms with Gasteiger partial charge in [0.2, 0.25) is 5.91 Å². The number of hydrogen-bond acceptors (Lipinski definition) is 3. The average molecular weight is 450 g/mol. The number of ether oxygens (including phenoxy) is 1. The van der Waals surface area contributed by atoms with E-state index in [9.17, 15) is 18.0 Å². The van der Waals surface area contributed by atoms with Gasteiger partial charge in [-0.3, -0.25) is 9.69 Å². The highest BCUT2D eigenvalue weighted by molar-refractivity contribution is 8.00. The van der Waals surface area contributed by atoms with Gasteiger partial charge in [-0.25, -0.2) is 0 Å². The molecule has 3 nitrogen and oxygen atoms in total. The maximum atomic E-state index is 13.1. The molecule has 1 atom stereocenters. The third-order valence-corrected chi connectivity index (χ3v) is 6.00. The molecule has 0 aromatic heterocycles. The monoisotopic (exact) mass is 449 g/mol. The van der Waals surface area contributed by atoms with Gasteiger partial charge >= 0.3 is 6.18 Å². The Labute approximate surface area is 180 Å². The van der Waals surface area contributed by atoms with Crippen molar-refractivity contribution < 1.29 is 22.7 Å². The Balaban J connectivity index is 1.57. The van der Waals surface area contributed by atoms with Crippen molar-refractivity contribution in [3.63, 3.8) is 0 Å². The maximum Gasteiger partial charge on any atom is 0.416 e. The van der Waals surface area contributed by atoms with E-state index in [4.69, 9.17) is 16.3 Å². The molecular weight excluding hydrogens is 435 g/mol. The van der Waals surface area contributed by atoms with Crippen LogP contribution in [0.4, 0.5) is 18.9 Å². The Morgan fingerprint density at radius 3 is 2.23 bits per heavy atom. The lowest BCUT2D eigenvalue weighted by Crippen LogP contribution is -2.27. The van der Waals surface area contributed by atoms with E-state index in [1.165, 1.54) is 22.7 Å². The Kier molecular flexibility index (Phi) is 5.66.